The zero-order valence-electron chi connectivity index (χ0n) is 16.2. The predicted molar refractivity (Wildman–Crippen MR) is 126 cm³/mol. The Labute approximate surface area is 172 Å². The van der Waals surface area contributed by atoms with Crippen LogP contribution in [0.1, 0.15) is 0 Å². The van der Waals surface area contributed by atoms with Gasteiger partial charge in [0, 0.05) is 22.9 Å². The van der Waals surface area contributed by atoms with E-state index >= 15 is 0 Å². The lowest BCUT2D eigenvalue weighted by Crippen LogP contribution is -2.21. The van der Waals surface area contributed by atoms with Gasteiger partial charge in [0.15, 0.2) is 12.4 Å². The smallest absolute Gasteiger partial charge is 0.166 e. The van der Waals surface area contributed by atoms with Crippen LogP contribution in [0, 0.1) is 0 Å². The Kier molecular flexibility index (Phi) is 2.47. The largest absolute Gasteiger partial charge is 0.227 e. The molecule has 1 nitrogen and oxygen atoms in total. The van der Waals surface area contributed by atoms with Crippen molar-refractivity contribution in [2.75, 3.05) is 0 Å². The molecule has 0 radical (unpaired) electrons. The lowest BCUT2D eigenvalue weighted by Gasteiger charge is -2.19. The van der Waals surface area contributed by atoms with E-state index in [0.29, 0.717) is 0 Å². The summed E-state index contributed by atoms with van der Waals surface area (Å²) in [6.07, 6.45) is 4.42. The fraction of sp³-hybridized carbons (Fsp3) is 0. The first-order valence-electron chi connectivity index (χ1n) is 10.5. The lowest BCUT2D eigenvalue weighted by molar-refractivity contribution is -0.509. The third kappa shape index (κ3) is 1.61. The van der Waals surface area contributed by atoms with Crippen LogP contribution in [0.4, 0.5) is 0 Å². The van der Waals surface area contributed by atoms with E-state index in [1.54, 1.807) is 0 Å². The summed E-state index contributed by atoms with van der Waals surface area (Å²) in [4.78, 5) is 0. The van der Waals surface area contributed by atoms with E-state index in [-0.39, 0.29) is 0 Å². The van der Waals surface area contributed by atoms with Crippen molar-refractivity contribution >= 4 is 59.4 Å². The van der Waals surface area contributed by atoms with E-state index in [4.69, 9.17) is 0 Å². The van der Waals surface area contributed by atoms with Gasteiger partial charge in [0.05, 0.1) is 10.8 Å². The Bertz CT molecular complexity index is 1820. The van der Waals surface area contributed by atoms with Gasteiger partial charge in [-0.15, -0.1) is 0 Å². The van der Waals surface area contributed by atoms with Crippen LogP contribution in [0.2, 0.25) is 0 Å². The summed E-state index contributed by atoms with van der Waals surface area (Å²) < 4.78 is 2.31. The molecular weight excluding hydrogens is 362 g/mol. The van der Waals surface area contributed by atoms with Crippen LogP contribution in [0.5, 0.6) is 0 Å². The minimum atomic E-state index is 1.27. The Balaban J connectivity index is 1.80. The first-order valence-corrected chi connectivity index (χ1v) is 10.5. The number of aromatic nitrogens is 1. The van der Waals surface area contributed by atoms with Gasteiger partial charge in [-0.1, -0.05) is 66.7 Å². The zero-order valence-corrected chi connectivity index (χ0v) is 16.2. The van der Waals surface area contributed by atoms with Crippen molar-refractivity contribution in [1.82, 2.24) is 0 Å². The summed E-state index contributed by atoms with van der Waals surface area (Å²) >= 11 is 0. The maximum atomic E-state index is 2.38. The van der Waals surface area contributed by atoms with E-state index in [2.05, 4.69) is 102 Å². The SMILES string of the molecule is c1ccc(-c2cc3cc[n+]4ccc5ccc6ccc7ccc2c2c7c6c5c4c32)cc1. The molecule has 0 saturated carbocycles. The molecule has 8 rings (SSSR count). The van der Waals surface area contributed by atoms with E-state index < -0.39 is 0 Å². The van der Waals surface area contributed by atoms with E-state index in [1.165, 1.54) is 70.5 Å². The highest BCUT2D eigenvalue weighted by Gasteiger charge is 2.25. The van der Waals surface area contributed by atoms with Crippen molar-refractivity contribution in [2.45, 2.75) is 0 Å². The van der Waals surface area contributed by atoms with Crippen LogP contribution in [-0.4, -0.2) is 0 Å². The first-order chi connectivity index (χ1) is 14.9. The zero-order chi connectivity index (χ0) is 19.4. The fourth-order valence-electron chi connectivity index (χ4n) is 5.72. The van der Waals surface area contributed by atoms with Crippen LogP contribution >= 0.6 is 0 Å². The van der Waals surface area contributed by atoms with Gasteiger partial charge in [-0.2, -0.15) is 4.40 Å². The average Bonchev–Trinajstić information content (AvgIpc) is 2.82. The molecule has 8 aromatic rings. The van der Waals surface area contributed by atoms with Gasteiger partial charge in [-0.05, 0) is 49.5 Å². The Morgan fingerprint density at radius 1 is 0.467 bits per heavy atom. The molecule has 2 heterocycles. The molecular formula is C29H16N+. The second-order valence-electron chi connectivity index (χ2n) is 8.42. The molecule has 0 fully saturated rings. The van der Waals surface area contributed by atoms with E-state index in [1.807, 2.05) is 0 Å². The Hall–Kier alpha value is -3.97. The van der Waals surface area contributed by atoms with Crippen LogP contribution in [0.25, 0.3) is 70.5 Å². The van der Waals surface area contributed by atoms with E-state index in [0.717, 1.165) is 0 Å². The molecule has 0 spiro atoms. The summed E-state index contributed by atoms with van der Waals surface area (Å²) in [5.74, 6) is 0. The molecule has 2 aromatic heterocycles. The van der Waals surface area contributed by atoms with Crippen molar-refractivity contribution in [2.24, 2.45) is 0 Å². The molecule has 0 aliphatic carbocycles. The molecule has 0 atom stereocenters. The van der Waals surface area contributed by atoms with E-state index in [9.17, 15) is 0 Å². The lowest BCUT2D eigenvalue weighted by atomic mass is 9.84. The number of benzene rings is 6. The van der Waals surface area contributed by atoms with Gasteiger partial charge in [-0.3, -0.25) is 0 Å². The average molecular weight is 378 g/mol. The standard InChI is InChI=1S/C29H16N/c1-2-4-17(5-3-1)23-16-21-13-15-30-14-12-20-9-8-18-6-7-19-10-11-22(23)28-25(19)24(18)26(20)29(30)27(21)28/h1-16H/q+1. The highest BCUT2D eigenvalue weighted by Crippen LogP contribution is 2.47. The first kappa shape index (κ1) is 14.9. The normalized spacial score (nSPS) is 12.7. The van der Waals surface area contributed by atoms with Crippen LogP contribution in [0.15, 0.2) is 97.3 Å². The van der Waals surface area contributed by atoms with Gasteiger partial charge in [-0.25, -0.2) is 0 Å². The molecule has 0 aliphatic rings. The maximum Gasteiger partial charge on any atom is 0.227 e. The molecule has 0 bridgehead atoms. The third-order valence-corrected chi connectivity index (χ3v) is 6.97. The Morgan fingerprint density at radius 2 is 1.07 bits per heavy atom. The van der Waals surface area contributed by atoms with Gasteiger partial charge >= 0.3 is 0 Å². The van der Waals surface area contributed by atoms with Gasteiger partial charge in [0.1, 0.15) is 0 Å². The molecule has 30 heavy (non-hydrogen) atoms. The molecule has 0 saturated heterocycles. The summed E-state index contributed by atoms with van der Waals surface area (Å²) in [6, 6.07) is 31.4. The third-order valence-electron chi connectivity index (χ3n) is 6.97. The van der Waals surface area contributed by atoms with Crippen molar-refractivity contribution in [1.29, 1.82) is 0 Å². The quantitative estimate of drug-likeness (QED) is 0.162. The van der Waals surface area contributed by atoms with Crippen LogP contribution < -0.4 is 4.40 Å². The summed E-state index contributed by atoms with van der Waals surface area (Å²) in [7, 11) is 0. The number of rotatable bonds is 1. The van der Waals surface area contributed by atoms with Crippen molar-refractivity contribution < 1.29 is 4.40 Å². The second kappa shape index (κ2) is 4.95. The molecule has 136 valence electrons. The summed E-state index contributed by atoms with van der Waals surface area (Å²) in [6.45, 7) is 0. The van der Waals surface area contributed by atoms with Gasteiger partial charge < -0.3 is 0 Å². The highest BCUT2D eigenvalue weighted by molar-refractivity contribution is 6.41. The molecule has 0 amide bonds. The number of pyridine rings is 2. The Morgan fingerprint density at radius 3 is 1.83 bits per heavy atom. The van der Waals surface area contributed by atoms with Crippen LogP contribution in [-0.2, 0) is 0 Å². The summed E-state index contributed by atoms with van der Waals surface area (Å²) in [5, 5.41) is 13.6. The molecule has 0 aliphatic heterocycles. The minimum absolute atomic E-state index is 1.27. The molecule has 0 N–H and O–H groups in total. The number of hydrogen-bond donors (Lipinski definition) is 0. The summed E-state index contributed by atoms with van der Waals surface area (Å²) in [5.41, 5.74) is 3.93. The topological polar surface area (TPSA) is 4.10 Å². The van der Waals surface area contributed by atoms with Crippen molar-refractivity contribution in [3.8, 4) is 11.1 Å². The minimum Gasteiger partial charge on any atom is -0.166 e. The number of hydrogen-bond acceptors (Lipinski definition) is 0. The van der Waals surface area contributed by atoms with Crippen LogP contribution in [0.3, 0.4) is 0 Å². The molecule has 6 aromatic carbocycles. The molecule has 1 heteroatoms. The van der Waals surface area contributed by atoms with Crippen molar-refractivity contribution in [3.05, 3.63) is 97.3 Å². The molecule has 0 unspecified atom stereocenters. The van der Waals surface area contributed by atoms with Crippen molar-refractivity contribution in [3.63, 3.8) is 0 Å². The highest BCUT2D eigenvalue weighted by atomic mass is 14.8. The predicted octanol–water partition coefficient (Wildman–Crippen LogP) is 7.17. The van der Waals surface area contributed by atoms with Gasteiger partial charge in [0.25, 0.3) is 0 Å². The maximum absolute atomic E-state index is 2.38. The number of nitrogens with zero attached hydrogens (tertiary/aromatic N) is 1. The van der Waals surface area contributed by atoms with Gasteiger partial charge in [0.2, 0.25) is 5.52 Å². The second-order valence-corrected chi connectivity index (χ2v) is 8.42. The fourth-order valence-corrected chi connectivity index (χ4v) is 5.72. The monoisotopic (exact) mass is 378 g/mol.